The van der Waals surface area contributed by atoms with Gasteiger partial charge in [0.2, 0.25) is 5.91 Å². The number of ether oxygens (including phenoxy) is 1. The second-order valence-corrected chi connectivity index (χ2v) is 5.90. The molecule has 0 saturated carbocycles. The van der Waals surface area contributed by atoms with Gasteiger partial charge in [-0.15, -0.1) is 24.0 Å². The van der Waals surface area contributed by atoms with Crippen LogP contribution in [-0.4, -0.2) is 74.7 Å². The van der Waals surface area contributed by atoms with E-state index >= 15 is 0 Å². The van der Waals surface area contributed by atoms with Gasteiger partial charge in [-0.3, -0.25) is 9.79 Å². The van der Waals surface area contributed by atoms with Crippen molar-refractivity contribution in [3.63, 3.8) is 0 Å². The van der Waals surface area contributed by atoms with E-state index in [1.807, 2.05) is 37.6 Å². The Hall–Kier alpha value is -0.570. The number of amides is 1. The monoisotopic (exact) mass is 426 g/mol. The van der Waals surface area contributed by atoms with Gasteiger partial charge in [-0.25, -0.2) is 0 Å². The lowest BCUT2D eigenvalue weighted by atomic mass is 9.89. The highest BCUT2D eigenvalue weighted by Gasteiger charge is 2.33. The van der Waals surface area contributed by atoms with E-state index in [4.69, 9.17) is 4.74 Å². The molecule has 1 aliphatic rings. The second-order valence-electron chi connectivity index (χ2n) is 5.90. The molecule has 1 N–H and O–H groups in total. The Labute approximate surface area is 151 Å². The zero-order chi connectivity index (χ0) is 15.9. The Morgan fingerprint density at radius 3 is 2.27 bits per heavy atom. The van der Waals surface area contributed by atoms with Crippen LogP contribution in [0.15, 0.2) is 4.99 Å². The molecule has 0 aliphatic carbocycles. The molecule has 0 aromatic rings. The van der Waals surface area contributed by atoms with Crippen molar-refractivity contribution in [1.82, 2.24) is 15.1 Å². The van der Waals surface area contributed by atoms with Gasteiger partial charge in [-0.1, -0.05) is 6.92 Å². The molecule has 1 rings (SSSR count). The number of hydrogen-bond acceptors (Lipinski definition) is 3. The van der Waals surface area contributed by atoms with E-state index < -0.39 is 0 Å². The topological polar surface area (TPSA) is 57.2 Å². The van der Waals surface area contributed by atoms with Gasteiger partial charge in [0.05, 0.1) is 26.3 Å². The van der Waals surface area contributed by atoms with E-state index in [0.717, 1.165) is 45.4 Å². The van der Waals surface area contributed by atoms with E-state index in [9.17, 15) is 4.79 Å². The zero-order valence-corrected chi connectivity index (χ0v) is 16.8. The number of carbonyl (C=O) groups excluding carboxylic acids is 1. The predicted octanol–water partition coefficient (Wildman–Crippen LogP) is 1.41. The van der Waals surface area contributed by atoms with Crippen molar-refractivity contribution in [1.29, 1.82) is 0 Å². The maximum absolute atomic E-state index is 12.2. The molecule has 130 valence electrons. The molecule has 22 heavy (non-hydrogen) atoms. The maximum atomic E-state index is 12.2. The normalized spacial score (nSPS) is 16.3. The van der Waals surface area contributed by atoms with Crippen LogP contribution in [0.1, 0.15) is 27.7 Å². The molecule has 1 heterocycles. The molecule has 0 spiro atoms. The maximum Gasteiger partial charge on any atom is 0.242 e. The van der Waals surface area contributed by atoms with Gasteiger partial charge in [0.15, 0.2) is 5.96 Å². The zero-order valence-electron chi connectivity index (χ0n) is 14.5. The van der Waals surface area contributed by atoms with Gasteiger partial charge < -0.3 is 19.9 Å². The summed E-state index contributed by atoms with van der Waals surface area (Å²) >= 11 is 0. The Kier molecular flexibility index (Phi) is 9.99. The number of carbonyl (C=O) groups is 1. The summed E-state index contributed by atoms with van der Waals surface area (Å²) < 4.78 is 5.25. The van der Waals surface area contributed by atoms with Crippen LogP contribution in [0.3, 0.4) is 0 Å². The first kappa shape index (κ1) is 21.4. The Bertz CT molecular complexity index is 369. The van der Waals surface area contributed by atoms with E-state index in [1.165, 1.54) is 0 Å². The summed E-state index contributed by atoms with van der Waals surface area (Å²) in [5, 5.41) is 3.25. The third kappa shape index (κ3) is 6.28. The minimum Gasteiger partial charge on any atom is -0.380 e. The molecule has 7 heteroatoms. The fourth-order valence-corrected chi connectivity index (χ4v) is 2.23. The summed E-state index contributed by atoms with van der Waals surface area (Å²) in [6.07, 6.45) is 0. The molecule has 1 fully saturated rings. The highest BCUT2D eigenvalue weighted by atomic mass is 127. The molecular weight excluding hydrogens is 395 g/mol. The van der Waals surface area contributed by atoms with Crippen LogP contribution in [0.4, 0.5) is 0 Å². The van der Waals surface area contributed by atoms with Crippen LogP contribution in [0.2, 0.25) is 0 Å². The van der Waals surface area contributed by atoms with Gasteiger partial charge in [-0.2, -0.15) is 0 Å². The summed E-state index contributed by atoms with van der Waals surface area (Å²) in [5.74, 6) is 0.914. The van der Waals surface area contributed by atoms with E-state index in [0.29, 0.717) is 6.54 Å². The molecule has 0 radical (unpaired) electrons. The highest BCUT2D eigenvalue weighted by molar-refractivity contribution is 14.0. The number of likely N-dealkylation sites (N-methyl/N-ethyl adjacent to an activating group) is 2. The molecular formula is C15H31IN4O2. The SMILES string of the molecule is CCNC(=NCC1(C)COC1)N(C)CC(=O)N(CC)CC.I. The van der Waals surface area contributed by atoms with Crippen LogP contribution < -0.4 is 5.32 Å². The van der Waals surface area contributed by atoms with Crippen LogP contribution in [0.25, 0.3) is 0 Å². The number of nitrogens with one attached hydrogen (secondary N) is 1. The Morgan fingerprint density at radius 2 is 1.86 bits per heavy atom. The van der Waals surface area contributed by atoms with Crippen LogP contribution in [0.5, 0.6) is 0 Å². The summed E-state index contributed by atoms with van der Waals surface area (Å²) in [5.41, 5.74) is 0.143. The predicted molar refractivity (Wildman–Crippen MR) is 101 cm³/mol. The third-order valence-electron chi connectivity index (χ3n) is 3.70. The van der Waals surface area contributed by atoms with E-state index in [-0.39, 0.29) is 35.3 Å². The van der Waals surface area contributed by atoms with Crippen molar-refractivity contribution in [2.45, 2.75) is 27.7 Å². The average Bonchev–Trinajstić information content (AvgIpc) is 2.42. The first-order valence-corrected chi connectivity index (χ1v) is 7.80. The van der Waals surface area contributed by atoms with E-state index in [1.54, 1.807) is 0 Å². The fourth-order valence-electron chi connectivity index (χ4n) is 2.23. The smallest absolute Gasteiger partial charge is 0.242 e. The second kappa shape index (κ2) is 10.3. The lowest BCUT2D eigenvalue weighted by Crippen LogP contribution is -2.47. The molecule has 0 aromatic heterocycles. The first-order valence-electron chi connectivity index (χ1n) is 7.80. The molecule has 6 nitrogen and oxygen atoms in total. The number of guanidine groups is 1. The van der Waals surface area contributed by atoms with E-state index in [2.05, 4.69) is 17.2 Å². The Morgan fingerprint density at radius 1 is 1.27 bits per heavy atom. The van der Waals surface area contributed by atoms with Crippen molar-refractivity contribution in [2.24, 2.45) is 10.4 Å². The number of rotatable bonds is 7. The van der Waals surface area contributed by atoms with Gasteiger partial charge in [0.1, 0.15) is 0 Å². The minimum absolute atomic E-state index is 0. The van der Waals surface area contributed by atoms with Crippen LogP contribution in [0, 0.1) is 5.41 Å². The fraction of sp³-hybridized carbons (Fsp3) is 0.867. The molecule has 0 atom stereocenters. The molecule has 0 bridgehead atoms. The van der Waals surface area contributed by atoms with Crippen molar-refractivity contribution < 1.29 is 9.53 Å². The average molecular weight is 426 g/mol. The van der Waals surface area contributed by atoms with Gasteiger partial charge in [0, 0.05) is 32.1 Å². The summed E-state index contributed by atoms with van der Waals surface area (Å²) in [4.78, 5) is 20.6. The summed E-state index contributed by atoms with van der Waals surface area (Å²) in [6.45, 7) is 13.1. The number of hydrogen-bond donors (Lipinski definition) is 1. The summed E-state index contributed by atoms with van der Waals surface area (Å²) in [7, 11) is 1.91. The number of halogens is 1. The number of aliphatic imine (C=N–C) groups is 1. The molecule has 0 aromatic carbocycles. The van der Waals surface area contributed by atoms with Crippen LogP contribution >= 0.6 is 24.0 Å². The van der Waals surface area contributed by atoms with Crippen molar-refractivity contribution in [3.8, 4) is 0 Å². The molecule has 0 unspecified atom stereocenters. The summed E-state index contributed by atoms with van der Waals surface area (Å²) in [6, 6.07) is 0. The molecule has 1 aliphatic heterocycles. The highest BCUT2D eigenvalue weighted by Crippen LogP contribution is 2.26. The lowest BCUT2D eigenvalue weighted by Gasteiger charge is -2.37. The Balaban J connectivity index is 0.00000441. The standard InChI is InChI=1S/C15H30N4O2.HI/c1-6-16-14(17-10-15(4)11-21-12-15)18(5)9-13(20)19(7-2)8-3;/h6-12H2,1-5H3,(H,16,17);1H. The van der Waals surface area contributed by atoms with Crippen molar-refractivity contribution in [2.75, 3.05) is 53.0 Å². The number of nitrogens with zero attached hydrogens (tertiary/aromatic N) is 3. The largest absolute Gasteiger partial charge is 0.380 e. The van der Waals surface area contributed by atoms with Crippen molar-refractivity contribution in [3.05, 3.63) is 0 Å². The quantitative estimate of drug-likeness (QED) is 0.380. The third-order valence-corrected chi connectivity index (χ3v) is 3.70. The van der Waals surface area contributed by atoms with Crippen molar-refractivity contribution >= 4 is 35.8 Å². The molecule has 1 amide bonds. The molecule has 1 saturated heterocycles. The van der Waals surface area contributed by atoms with Gasteiger partial charge in [0.25, 0.3) is 0 Å². The minimum atomic E-state index is 0. The van der Waals surface area contributed by atoms with Crippen LogP contribution in [-0.2, 0) is 9.53 Å². The van der Waals surface area contributed by atoms with Gasteiger partial charge in [-0.05, 0) is 20.8 Å². The lowest BCUT2D eigenvalue weighted by molar-refractivity contribution is -0.131. The van der Waals surface area contributed by atoms with Gasteiger partial charge >= 0.3 is 0 Å². The first-order chi connectivity index (χ1) is 9.95.